The van der Waals surface area contributed by atoms with Crippen LogP contribution in [0.2, 0.25) is 0 Å². The lowest BCUT2D eigenvalue weighted by Gasteiger charge is -2.44. The average molecular weight is 268 g/mol. The molecular formula is C17H36N2. The third-order valence-corrected chi connectivity index (χ3v) is 5.08. The van der Waals surface area contributed by atoms with Gasteiger partial charge in [0, 0.05) is 12.1 Å². The number of likely N-dealkylation sites (N-methyl/N-ethyl adjacent to an activating group) is 1. The lowest BCUT2D eigenvalue weighted by atomic mass is 9.75. The number of nitrogens with one attached hydrogen (secondary N) is 1. The molecule has 1 aliphatic rings. The van der Waals surface area contributed by atoms with Crippen LogP contribution in [0.15, 0.2) is 0 Å². The van der Waals surface area contributed by atoms with Crippen molar-refractivity contribution in [3.8, 4) is 0 Å². The molecule has 0 aromatic carbocycles. The largest absolute Gasteiger partial charge is 0.315 e. The molecule has 0 aromatic rings. The highest BCUT2D eigenvalue weighted by Crippen LogP contribution is 2.35. The summed E-state index contributed by atoms with van der Waals surface area (Å²) in [6.45, 7) is 14.4. The fourth-order valence-electron chi connectivity index (χ4n) is 3.73. The van der Waals surface area contributed by atoms with Gasteiger partial charge in [0.2, 0.25) is 0 Å². The number of hydrogen-bond acceptors (Lipinski definition) is 2. The smallest absolute Gasteiger partial charge is 0.0246 e. The molecule has 2 nitrogen and oxygen atoms in total. The van der Waals surface area contributed by atoms with Crippen LogP contribution in [0.1, 0.15) is 66.7 Å². The van der Waals surface area contributed by atoms with Crippen molar-refractivity contribution in [2.24, 2.45) is 11.3 Å². The molecule has 1 heterocycles. The highest BCUT2D eigenvalue weighted by molar-refractivity contribution is 4.88. The number of rotatable bonds is 6. The Kier molecular flexibility index (Phi) is 6.82. The summed E-state index contributed by atoms with van der Waals surface area (Å²) < 4.78 is 0. The standard InChI is InChI=1S/C17H36N2/c1-7-9-15(18-6)16(8-2)19-12-10-14(11-13-19)17(3,4)5/h14-16,18H,7-13H2,1-6H3. The molecule has 2 unspecified atom stereocenters. The number of likely N-dealkylation sites (tertiary alicyclic amines) is 1. The maximum atomic E-state index is 3.55. The van der Waals surface area contributed by atoms with Crippen molar-refractivity contribution in [1.29, 1.82) is 0 Å². The lowest BCUT2D eigenvalue weighted by molar-refractivity contribution is 0.0656. The molecule has 0 saturated carbocycles. The molecule has 1 rings (SSSR count). The molecule has 114 valence electrons. The summed E-state index contributed by atoms with van der Waals surface area (Å²) >= 11 is 0. The Morgan fingerprint density at radius 3 is 2.11 bits per heavy atom. The number of hydrogen-bond donors (Lipinski definition) is 1. The van der Waals surface area contributed by atoms with Crippen LogP contribution in [0, 0.1) is 11.3 Å². The predicted octanol–water partition coefficient (Wildman–Crippen LogP) is 3.91. The van der Waals surface area contributed by atoms with Gasteiger partial charge in [-0.1, -0.05) is 41.0 Å². The molecule has 2 atom stereocenters. The van der Waals surface area contributed by atoms with Gasteiger partial charge in [0.15, 0.2) is 0 Å². The van der Waals surface area contributed by atoms with Gasteiger partial charge < -0.3 is 5.32 Å². The van der Waals surface area contributed by atoms with E-state index in [9.17, 15) is 0 Å². The second kappa shape index (κ2) is 7.64. The monoisotopic (exact) mass is 268 g/mol. The molecule has 1 N–H and O–H groups in total. The van der Waals surface area contributed by atoms with Crippen molar-refractivity contribution in [2.45, 2.75) is 78.8 Å². The zero-order chi connectivity index (χ0) is 14.5. The first-order chi connectivity index (χ1) is 8.93. The first-order valence-corrected chi connectivity index (χ1v) is 8.35. The van der Waals surface area contributed by atoms with Crippen molar-refractivity contribution in [2.75, 3.05) is 20.1 Å². The van der Waals surface area contributed by atoms with Gasteiger partial charge in [-0.15, -0.1) is 0 Å². The van der Waals surface area contributed by atoms with E-state index in [4.69, 9.17) is 0 Å². The molecule has 1 saturated heterocycles. The van der Waals surface area contributed by atoms with Crippen molar-refractivity contribution < 1.29 is 0 Å². The van der Waals surface area contributed by atoms with Crippen LogP contribution in [-0.4, -0.2) is 37.1 Å². The minimum atomic E-state index is 0.486. The number of piperidine rings is 1. The molecule has 19 heavy (non-hydrogen) atoms. The van der Waals surface area contributed by atoms with E-state index < -0.39 is 0 Å². The van der Waals surface area contributed by atoms with Crippen LogP contribution in [0.4, 0.5) is 0 Å². The molecule has 0 spiro atoms. The lowest BCUT2D eigenvalue weighted by Crippen LogP contribution is -2.52. The van der Waals surface area contributed by atoms with E-state index in [0.29, 0.717) is 11.5 Å². The normalized spacial score (nSPS) is 22.4. The van der Waals surface area contributed by atoms with Crippen LogP contribution in [0.3, 0.4) is 0 Å². The van der Waals surface area contributed by atoms with Crippen LogP contribution >= 0.6 is 0 Å². The van der Waals surface area contributed by atoms with E-state index in [1.165, 1.54) is 45.2 Å². The fourth-order valence-corrected chi connectivity index (χ4v) is 3.73. The summed E-state index contributed by atoms with van der Waals surface area (Å²) in [5.74, 6) is 0.903. The van der Waals surface area contributed by atoms with Gasteiger partial charge in [-0.2, -0.15) is 0 Å². The second-order valence-corrected chi connectivity index (χ2v) is 7.34. The van der Waals surface area contributed by atoms with E-state index >= 15 is 0 Å². The first kappa shape index (κ1) is 17.0. The molecular weight excluding hydrogens is 232 g/mol. The Hall–Kier alpha value is -0.0800. The van der Waals surface area contributed by atoms with Gasteiger partial charge in [-0.05, 0) is 57.2 Å². The zero-order valence-corrected chi connectivity index (χ0v) is 14.1. The molecule has 1 fully saturated rings. The van der Waals surface area contributed by atoms with Gasteiger partial charge in [0.05, 0.1) is 0 Å². The summed E-state index contributed by atoms with van der Waals surface area (Å²) in [6.07, 6.45) is 6.60. The van der Waals surface area contributed by atoms with Gasteiger partial charge in [0.25, 0.3) is 0 Å². The summed E-state index contributed by atoms with van der Waals surface area (Å²) in [5, 5.41) is 3.55. The minimum absolute atomic E-state index is 0.486. The van der Waals surface area contributed by atoms with Crippen LogP contribution in [-0.2, 0) is 0 Å². The maximum Gasteiger partial charge on any atom is 0.0246 e. The Bertz CT molecular complexity index is 236. The summed E-state index contributed by atoms with van der Waals surface area (Å²) in [4.78, 5) is 2.75. The Morgan fingerprint density at radius 2 is 1.74 bits per heavy atom. The Morgan fingerprint density at radius 1 is 1.16 bits per heavy atom. The highest BCUT2D eigenvalue weighted by atomic mass is 15.2. The van der Waals surface area contributed by atoms with Crippen molar-refractivity contribution in [3.05, 3.63) is 0 Å². The molecule has 0 radical (unpaired) electrons. The van der Waals surface area contributed by atoms with Crippen LogP contribution in [0.25, 0.3) is 0 Å². The van der Waals surface area contributed by atoms with E-state index in [-0.39, 0.29) is 0 Å². The van der Waals surface area contributed by atoms with E-state index in [2.05, 4.69) is 51.9 Å². The summed E-state index contributed by atoms with van der Waals surface area (Å²) in [7, 11) is 2.13. The topological polar surface area (TPSA) is 15.3 Å². The maximum absolute atomic E-state index is 3.55. The molecule has 1 aliphatic heterocycles. The van der Waals surface area contributed by atoms with Gasteiger partial charge >= 0.3 is 0 Å². The van der Waals surface area contributed by atoms with E-state index in [1.54, 1.807) is 0 Å². The minimum Gasteiger partial charge on any atom is -0.315 e. The van der Waals surface area contributed by atoms with E-state index in [1.807, 2.05) is 0 Å². The Labute approximate surface area is 121 Å². The van der Waals surface area contributed by atoms with Gasteiger partial charge in [-0.25, -0.2) is 0 Å². The predicted molar refractivity (Wildman–Crippen MR) is 85.6 cm³/mol. The van der Waals surface area contributed by atoms with Crippen molar-refractivity contribution >= 4 is 0 Å². The van der Waals surface area contributed by atoms with Crippen molar-refractivity contribution in [1.82, 2.24) is 10.2 Å². The average Bonchev–Trinajstić information content (AvgIpc) is 2.38. The van der Waals surface area contributed by atoms with Crippen molar-refractivity contribution in [3.63, 3.8) is 0 Å². The van der Waals surface area contributed by atoms with Gasteiger partial charge in [-0.3, -0.25) is 4.90 Å². The molecule has 0 amide bonds. The van der Waals surface area contributed by atoms with E-state index in [0.717, 1.165) is 12.0 Å². The second-order valence-electron chi connectivity index (χ2n) is 7.34. The summed E-state index contributed by atoms with van der Waals surface area (Å²) in [5.41, 5.74) is 0.486. The SMILES string of the molecule is CCCC(NC)C(CC)N1CCC(C(C)(C)C)CC1. The molecule has 0 aliphatic carbocycles. The Balaban J connectivity index is 2.56. The fraction of sp³-hybridized carbons (Fsp3) is 1.00. The van der Waals surface area contributed by atoms with Gasteiger partial charge in [0.1, 0.15) is 0 Å². The summed E-state index contributed by atoms with van der Waals surface area (Å²) in [6, 6.07) is 1.40. The van der Waals surface area contributed by atoms with Crippen LogP contribution in [0.5, 0.6) is 0 Å². The number of nitrogens with zero attached hydrogens (tertiary/aromatic N) is 1. The zero-order valence-electron chi connectivity index (χ0n) is 14.1. The third kappa shape index (κ3) is 4.75. The molecule has 0 aromatic heterocycles. The molecule has 0 bridgehead atoms. The first-order valence-electron chi connectivity index (χ1n) is 8.35. The molecule has 2 heteroatoms. The quantitative estimate of drug-likeness (QED) is 0.785. The third-order valence-electron chi connectivity index (χ3n) is 5.08. The highest BCUT2D eigenvalue weighted by Gasteiger charge is 2.32. The van der Waals surface area contributed by atoms with Crippen LogP contribution < -0.4 is 5.32 Å².